The summed E-state index contributed by atoms with van der Waals surface area (Å²) in [4.78, 5) is 13.8. The average molecular weight is 663 g/mol. The maximum atomic E-state index is 13.8. The van der Waals surface area contributed by atoms with Crippen molar-refractivity contribution in [3.8, 4) is 28.7 Å². The molecular weight excluding hydrogens is 624 g/mol. The van der Waals surface area contributed by atoms with Crippen LogP contribution < -0.4 is 18.9 Å². The van der Waals surface area contributed by atoms with Gasteiger partial charge in [-0.1, -0.05) is 133 Å². The minimum atomic E-state index is -0.421. The van der Waals surface area contributed by atoms with Gasteiger partial charge in [0.2, 0.25) is 0 Å². The number of phenolic OH excluding ortho intramolecular Hbond substituents is 1. The van der Waals surface area contributed by atoms with Crippen LogP contribution in [0.5, 0.6) is 28.7 Å². The minimum absolute atomic E-state index is 0.0465. The fourth-order valence-corrected chi connectivity index (χ4v) is 5.37. The van der Waals surface area contributed by atoms with Crippen LogP contribution in [-0.4, -0.2) is 10.9 Å². The lowest BCUT2D eigenvalue weighted by Crippen LogP contribution is -2.05. The Kier molecular flexibility index (Phi) is 11.2. The highest BCUT2D eigenvalue weighted by molar-refractivity contribution is 6.10. The molecule has 0 spiro atoms. The zero-order chi connectivity index (χ0) is 34.5. The van der Waals surface area contributed by atoms with Crippen molar-refractivity contribution in [1.29, 1.82) is 0 Å². The Morgan fingerprint density at radius 3 is 1.54 bits per heavy atom. The van der Waals surface area contributed by atoms with Crippen LogP contribution in [0.2, 0.25) is 0 Å². The number of carbonyl (C=O) groups excluding carboxylic acids is 1. The number of hydrogen-bond donors (Lipinski definition) is 1. The number of benzene rings is 6. The summed E-state index contributed by atoms with van der Waals surface area (Å²) in [6.45, 7) is 3.17. The van der Waals surface area contributed by atoms with Crippen LogP contribution in [0, 0.1) is 6.92 Å². The van der Waals surface area contributed by atoms with Crippen LogP contribution >= 0.6 is 0 Å². The van der Waals surface area contributed by atoms with Crippen molar-refractivity contribution in [2.75, 3.05) is 0 Å². The topological polar surface area (TPSA) is 74.2 Å². The first-order chi connectivity index (χ1) is 24.5. The molecule has 0 aliphatic heterocycles. The minimum Gasteiger partial charge on any atom is -0.507 e. The van der Waals surface area contributed by atoms with Gasteiger partial charge in [0.05, 0.1) is 0 Å². The number of hydrogen-bond acceptors (Lipinski definition) is 6. The van der Waals surface area contributed by atoms with Gasteiger partial charge >= 0.3 is 0 Å². The van der Waals surface area contributed by atoms with Crippen molar-refractivity contribution in [2.45, 2.75) is 33.4 Å². The molecule has 6 aromatic carbocycles. The van der Waals surface area contributed by atoms with Crippen LogP contribution in [-0.2, 0) is 26.4 Å². The van der Waals surface area contributed by atoms with E-state index in [2.05, 4.69) is 0 Å². The fourth-order valence-electron chi connectivity index (χ4n) is 5.37. The Balaban J connectivity index is 1.26. The van der Waals surface area contributed by atoms with Gasteiger partial charge in [-0.05, 0) is 46.9 Å². The van der Waals surface area contributed by atoms with E-state index in [0.29, 0.717) is 37.1 Å². The van der Waals surface area contributed by atoms with Crippen molar-refractivity contribution in [3.63, 3.8) is 0 Å². The molecular formula is C44H38O6. The third-order valence-electron chi connectivity index (χ3n) is 8.08. The first-order valence-corrected chi connectivity index (χ1v) is 16.4. The predicted octanol–water partition coefficient (Wildman–Crippen LogP) is 9.91. The SMILES string of the molecule is Cc1c(/C=C/C(=O)c2c(O)cc(OCc3ccccc3)cc2OCc2ccccc2)ccc(OCc2ccccc2)c1OCc1ccccc1. The summed E-state index contributed by atoms with van der Waals surface area (Å²) in [7, 11) is 0. The van der Waals surface area contributed by atoms with E-state index in [1.54, 1.807) is 12.1 Å². The number of aromatic hydroxyl groups is 1. The van der Waals surface area contributed by atoms with E-state index in [1.165, 1.54) is 12.1 Å². The maximum Gasteiger partial charge on any atom is 0.193 e. The molecule has 0 saturated heterocycles. The van der Waals surface area contributed by atoms with E-state index in [9.17, 15) is 9.90 Å². The van der Waals surface area contributed by atoms with Crippen LogP contribution in [0.3, 0.4) is 0 Å². The van der Waals surface area contributed by atoms with Crippen LogP contribution in [0.25, 0.3) is 6.08 Å². The van der Waals surface area contributed by atoms with E-state index in [1.807, 2.05) is 140 Å². The average Bonchev–Trinajstić information content (AvgIpc) is 3.16. The summed E-state index contributed by atoms with van der Waals surface area (Å²) in [6.07, 6.45) is 3.15. The molecule has 0 atom stereocenters. The van der Waals surface area contributed by atoms with Gasteiger partial charge in [0.25, 0.3) is 0 Å². The highest BCUT2D eigenvalue weighted by Gasteiger charge is 2.20. The molecule has 0 amide bonds. The molecule has 250 valence electrons. The molecule has 0 saturated carbocycles. The molecule has 0 fully saturated rings. The third-order valence-corrected chi connectivity index (χ3v) is 8.08. The molecule has 1 N–H and O–H groups in total. The van der Waals surface area contributed by atoms with Crippen LogP contribution in [0.4, 0.5) is 0 Å². The first kappa shape index (κ1) is 33.6. The predicted molar refractivity (Wildman–Crippen MR) is 196 cm³/mol. The lowest BCUT2D eigenvalue weighted by molar-refractivity contribution is 0.104. The lowest BCUT2D eigenvalue weighted by Gasteiger charge is -2.17. The van der Waals surface area contributed by atoms with Gasteiger partial charge in [-0.25, -0.2) is 0 Å². The molecule has 0 aliphatic rings. The molecule has 0 aliphatic carbocycles. The van der Waals surface area contributed by atoms with Crippen molar-refractivity contribution < 1.29 is 28.8 Å². The van der Waals surface area contributed by atoms with Crippen LogP contribution in [0.15, 0.2) is 152 Å². The highest BCUT2D eigenvalue weighted by atomic mass is 16.5. The largest absolute Gasteiger partial charge is 0.507 e. The number of rotatable bonds is 15. The maximum absolute atomic E-state index is 13.8. The van der Waals surface area contributed by atoms with Gasteiger partial charge < -0.3 is 24.1 Å². The Hall–Kier alpha value is -6.27. The summed E-state index contributed by atoms with van der Waals surface area (Å²) in [5, 5.41) is 11.1. The van der Waals surface area contributed by atoms with Gasteiger partial charge in [-0.3, -0.25) is 4.79 Å². The van der Waals surface area contributed by atoms with E-state index in [0.717, 1.165) is 33.4 Å². The van der Waals surface area contributed by atoms with Gasteiger partial charge in [0.15, 0.2) is 17.3 Å². The van der Waals surface area contributed by atoms with E-state index in [-0.39, 0.29) is 23.7 Å². The molecule has 6 aromatic rings. The second kappa shape index (κ2) is 16.7. The Morgan fingerprint density at radius 1 is 0.560 bits per heavy atom. The summed E-state index contributed by atoms with van der Waals surface area (Å²) in [5.41, 5.74) is 5.57. The molecule has 0 bridgehead atoms. The fraction of sp³-hybridized carbons (Fsp3) is 0.114. The highest BCUT2D eigenvalue weighted by Crippen LogP contribution is 2.37. The number of ether oxygens (including phenoxy) is 4. The van der Waals surface area contributed by atoms with Crippen molar-refractivity contribution in [3.05, 3.63) is 191 Å². The summed E-state index contributed by atoms with van der Waals surface area (Å²) in [5.74, 6) is 1.15. The van der Waals surface area contributed by atoms with Crippen LogP contribution in [0.1, 0.15) is 43.7 Å². The quantitative estimate of drug-likeness (QED) is 0.0872. The molecule has 50 heavy (non-hydrogen) atoms. The molecule has 0 aromatic heterocycles. The molecule has 6 heteroatoms. The molecule has 0 heterocycles. The first-order valence-electron chi connectivity index (χ1n) is 16.4. The normalized spacial score (nSPS) is 10.9. The van der Waals surface area contributed by atoms with Crippen molar-refractivity contribution in [1.82, 2.24) is 0 Å². The second-order valence-electron chi connectivity index (χ2n) is 11.7. The molecule has 0 radical (unpaired) electrons. The van der Waals surface area contributed by atoms with Gasteiger partial charge in [-0.2, -0.15) is 0 Å². The van der Waals surface area contributed by atoms with Gasteiger partial charge in [0, 0.05) is 17.7 Å². The lowest BCUT2D eigenvalue weighted by atomic mass is 10.0. The number of carbonyl (C=O) groups is 1. The molecule has 0 unspecified atom stereocenters. The van der Waals surface area contributed by atoms with Gasteiger partial charge in [-0.15, -0.1) is 0 Å². The number of allylic oxidation sites excluding steroid dienone is 1. The third kappa shape index (κ3) is 8.99. The Bertz CT molecular complexity index is 2020. The number of phenols is 1. The number of ketones is 1. The monoisotopic (exact) mass is 662 g/mol. The standard InChI is InChI=1S/C44H38O6/c1-32-37(23-25-41(48-29-34-16-8-3-9-17-34)44(32)50-31-36-20-12-5-13-21-36)22-24-39(45)43-40(46)26-38(47-28-33-14-6-2-7-15-33)27-42(43)49-30-35-18-10-4-11-19-35/h2-27,46H,28-31H2,1H3/b24-22+. The van der Waals surface area contributed by atoms with E-state index in [4.69, 9.17) is 18.9 Å². The van der Waals surface area contributed by atoms with Gasteiger partial charge in [0.1, 0.15) is 49.2 Å². The second-order valence-corrected chi connectivity index (χ2v) is 11.7. The zero-order valence-electron chi connectivity index (χ0n) is 27.8. The molecule has 6 rings (SSSR count). The summed E-state index contributed by atoms with van der Waals surface area (Å²) in [6, 6.07) is 46.0. The zero-order valence-corrected chi connectivity index (χ0v) is 27.8. The van der Waals surface area contributed by atoms with Crippen molar-refractivity contribution >= 4 is 11.9 Å². The summed E-state index contributed by atoms with van der Waals surface area (Å²) < 4.78 is 24.7. The smallest absolute Gasteiger partial charge is 0.193 e. The summed E-state index contributed by atoms with van der Waals surface area (Å²) >= 11 is 0. The molecule has 6 nitrogen and oxygen atoms in total. The van der Waals surface area contributed by atoms with E-state index < -0.39 is 5.78 Å². The van der Waals surface area contributed by atoms with Crippen molar-refractivity contribution in [2.24, 2.45) is 0 Å². The Labute approximate surface area is 292 Å². The van der Waals surface area contributed by atoms with E-state index >= 15 is 0 Å². The Morgan fingerprint density at radius 2 is 1.02 bits per heavy atom.